The third-order valence-electron chi connectivity index (χ3n) is 1.70. The Balaban J connectivity index is 2.36. The van der Waals surface area contributed by atoms with E-state index in [9.17, 15) is 0 Å². The van der Waals surface area contributed by atoms with Gasteiger partial charge in [0.05, 0.1) is 18.5 Å². The number of aromatic amines is 1. The molecule has 2 rings (SSSR count). The van der Waals surface area contributed by atoms with Crippen molar-refractivity contribution in [3.8, 4) is 17.3 Å². The van der Waals surface area contributed by atoms with Gasteiger partial charge in [-0.3, -0.25) is 10.1 Å². The minimum absolute atomic E-state index is 0.570. The van der Waals surface area contributed by atoms with Gasteiger partial charge in [-0.25, -0.2) is 0 Å². The monoisotopic (exact) mass is 175 g/mol. The van der Waals surface area contributed by atoms with Crippen molar-refractivity contribution in [2.45, 2.75) is 0 Å². The fourth-order valence-electron chi connectivity index (χ4n) is 1.06. The number of ether oxygens (including phenoxy) is 1. The summed E-state index contributed by atoms with van der Waals surface area (Å²) in [5.74, 6) is 0.570. The van der Waals surface area contributed by atoms with Gasteiger partial charge in [0.25, 0.3) is 0 Å². The highest BCUT2D eigenvalue weighted by Crippen LogP contribution is 2.17. The van der Waals surface area contributed by atoms with E-state index >= 15 is 0 Å². The molecule has 0 aliphatic heterocycles. The molecule has 0 fully saturated rings. The quantitative estimate of drug-likeness (QED) is 0.752. The first kappa shape index (κ1) is 7.79. The molecule has 2 heterocycles. The van der Waals surface area contributed by atoms with Crippen molar-refractivity contribution in [1.29, 1.82) is 0 Å². The maximum absolute atomic E-state index is 4.95. The number of hydrogen-bond acceptors (Lipinski definition) is 3. The molecule has 0 saturated heterocycles. The Morgan fingerprint density at radius 3 is 2.92 bits per heavy atom. The maximum Gasteiger partial charge on any atom is 0.232 e. The molecule has 0 radical (unpaired) electrons. The zero-order valence-corrected chi connectivity index (χ0v) is 7.19. The molecule has 0 saturated carbocycles. The molecule has 0 unspecified atom stereocenters. The Morgan fingerprint density at radius 2 is 2.31 bits per heavy atom. The lowest BCUT2D eigenvalue weighted by Gasteiger charge is -1.92. The summed E-state index contributed by atoms with van der Waals surface area (Å²) >= 11 is 0. The summed E-state index contributed by atoms with van der Waals surface area (Å²) in [6.07, 6.45) is 1.74. The summed E-state index contributed by atoms with van der Waals surface area (Å²) < 4.78 is 4.95. The van der Waals surface area contributed by atoms with Gasteiger partial charge in [0.1, 0.15) is 0 Å². The number of hydrogen-bond donors (Lipinski definition) is 1. The fourth-order valence-corrected chi connectivity index (χ4v) is 1.06. The topological polar surface area (TPSA) is 50.8 Å². The molecule has 0 amide bonds. The lowest BCUT2D eigenvalue weighted by atomic mass is 10.3. The third kappa shape index (κ3) is 1.51. The van der Waals surface area contributed by atoms with Crippen LogP contribution < -0.4 is 4.74 Å². The number of rotatable bonds is 2. The second kappa shape index (κ2) is 3.26. The summed E-state index contributed by atoms with van der Waals surface area (Å²) in [5, 5.41) is 6.76. The van der Waals surface area contributed by atoms with E-state index in [1.807, 2.05) is 24.3 Å². The van der Waals surface area contributed by atoms with Crippen LogP contribution in [0.1, 0.15) is 0 Å². The zero-order chi connectivity index (χ0) is 9.10. The average molecular weight is 175 g/mol. The van der Waals surface area contributed by atoms with Crippen molar-refractivity contribution in [2.24, 2.45) is 0 Å². The van der Waals surface area contributed by atoms with Crippen LogP contribution in [0.15, 0.2) is 30.5 Å². The lowest BCUT2D eigenvalue weighted by molar-refractivity contribution is 0.397. The van der Waals surface area contributed by atoms with E-state index in [4.69, 9.17) is 4.74 Å². The highest BCUT2D eigenvalue weighted by Gasteiger charge is 2.02. The van der Waals surface area contributed by atoms with Crippen LogP contribution in [0.2, 0.25) is 0 Å². The van der Waals surface area contributed by atoms with Crippen molar-refractivity contribution in [3.63, 3.8) is 0 Å². The number of H-pyrrole nitrogens is 1. The van der Waals surface area contributed by atoms with Crippen molar-refractivity contribution >= 4 is 0 Å². The SMILES string of the molecule is COc1cc(-c2ccccn2)[nH]n1. The van der Waals surface area contributed by atoms with Gasteiger partial charge >= 0.3 is 0 Å². The Labute approximate surface area is 75.6 Å². The van der Waals surface area contributed by atoms with Gasteiger partial charge in [-0.15, -0.1) is 5.10 Å². The van der Waals surface area contributed by atoms with E-state index in [1.165, 1.54) is 0 Å². The smallest absolute Gasteiger partial charge is 0.232 e. The number of aromatic nitrogens is 3. The highest BCUT2D eigenvalue weighted by molar-refractivity contribution is 5.54. The van der Waals surface area contributed by atoms with Gasteiger partial charge in [0.2, 0.25) is 5.88 Å². The van der Waals surface area contributed by atoms with Gasteiger partial charge in [0.15, 0.2) is 0 Å². The van der Waals surface area contributed by atoms with E-state index in [1.54, 1.807) is 13.3 Å². The maximum atomic E-state index is 4.95. The molecule has 1 N–H and O–H groups in total. The molecular weight excluding hydrogens is 166 g/mol. The normalized spacial score (nSPS) is 9.92. The Hall–Kier alpha value is -1.84. The van der Waals surface area contributed by atoms with Gasteiger partial charge in [0, 0.05) is 12.3 Å². The van der Waals surface area contributed by atoms with E-state index in [0.717, 1.165) is 11.4 Å². The molecule has 0 aromatic carbocycles. The molecule has 4 heteroatoms. The first-order valence-corrected chi connectivity index (χ1v) is 3.91. The number of nitrogens with zero attached hydrogens (tertiary/aromatic N) is 2. The first-order valence-electron chi connectivity index (χ1n) is 3.91. The van der Waals surface area contributed by atoms with Gasteiger partial charge < -0.3 is 4.74 Å². The van der Waals surface area contributed by atoms with E-state index in [0.29, 0.717) is 5.88 Å². The van der Waals surface area contributed by atoms with Crippen LogP contribution >= 0.6 is 0 Å². The number of methoxy groups -OCH3 is 1. The van der Waals surface area contributed by atoms with E-state index in [-0.39, 0.29) is 0 Å². The molecule has 0 atom stereocenters. The van der Waals surface area contributed by atoms with E-state index < -0.39 is 0 Å². The second-order valence-electron chi connectivity index (χ2n) is 2.54. The number of pyridine rings is 1. The molecule has 2 aromatic heterocycles. The van der Waals surface area contributed by atoms with Crippen LogP contribution in [-0.4, -0.2) is 22.3 Å². The fraction of sp³-hybridized carbons (Fsp3) is 0.111. The minimum atomic E-state index is 0.570. The third-order valence-corrected chi connectivity index (χ3v) is 1.70. The Bertz CT molecular complexity index is 383. The predicted molar refractivity (Wildman–Crippen MR) is 48.4 cm³/mol. The molecule has 2 aromatic rings. The van der Waals surface area contributed by atoms with E-state index in [2.05, 4.69) is 15.2 Å². The molecule has 0 bridgehead atoms. The molecule has 0 aliphatic carbocycles. The molecule has 4 nitrogen and oxygen atoms in total. The average Bonchev–Trinajstić information content (AvgIpc) is 2.67. The van der Waals surface area contributed by atoms with Gasteiger partial charge in [-0.2, -0.15) is 0 Å². The van der Waals surface area contributed by atoms with Gasteiger partial charge in [-0.05, 0) is 12.1 Å². The molecule has 13 heavy (non-hydrogen) atoms. The zero-order valence-electron chi connectivity index (χ0n) is 7.19. The molecular formula is C9H9N3O. The lowest BCUT2D eigenvalue weighted by Crippen LogP contribution is -1.80. The first-order chi connectivity index (χ1) is 6.40. The van der Waals surface area contributed by atoms with Crippen molar-refractivity contribution < 1.29 is 4.74 Å². The number of nitrogens with one attached hydrogen (secondary N) is 1. The standard InChI is InChI=1S/C9H9N3O/c1-13-9-6-8(11-12-9)7-4-2-3-5-10-7/h2-6H,1H3,(H,11,12). The summed E-state index contributed by atoms with van der Waals surface area (Å²) in [5.41, 5.74) is 1.72. The summed E-state index contributed by atoms with van der Waals surface area (Å²) in [6.45, 7) is 0. The van der Waals surface area contributed by atoms with Crippen LogP contribution in [0.3, 0.4) is 0 Å². The second-order valence-corrected chi connectivity index (χ2v) is 2.54. The minimum Gasteiger partial charge on any atom is -0.480 e. The highest BCUT2D eigenvalue weighted by atomic mass is 16.5. The Kier molecular flexibility index (Phi) is 1.96. The van der Waals surface area contributed by atoms with Crippen LogP contribution in [0.5, 0.6) is 5.88 Å². The van der Waals surface area contributed by atoms with Crippen molar-refractivity contribution in [1.82, 2.24) is 15.2 Å². The summed E-state index contributed by atoms with van der Waals surface area (Å²) in [6, 6.07) is 7.52. The van der Waals surface area contributed by atoms with Crippen LogP contribution in [0.4, 0.5) is 0 Å². The van der Waals surface area contributed by atoms with Crippen LogP contribution in [0, 0.1) is 0 Å². The largest absolute Gasteiger partial charge is 0.480 e. The summed E-state index contributed by atoms with van der Waals surface area (Å²) in [7, 11) is 1.58. The van der Waals surface area contributed by atoms with Crippen LogP contribution in [0.25, 0.3) is 11.4 Å². The molecule has 0 spiro atoms. The Morgan fingerprint density at radius 1 is 1.38 bits per heavy atom. The molecule has 66 valence electrons. The van der Waals surface area contributed by atoms with Crippen molar-refractivity contribution in [3.05, 3.63) is 30.5 Å². The van der Waals surface area contributed by atoms with Gasteiger partial charge in [-0.1, -0.05) is 6.07 Å². The molecule has 0 aliphatic rings. The van der Waals surface area contributed by atoms with Crippen molar-refractivity contribution in [2.75, 3.05) is 7.11 Å². The summed E-state index contributed by atoms with van der Waals surface area (Å²) in [4.78, 5) is 4.17. The predicted octanol–water partition coefficient (Wildman–Crippen LogP) is 1.48. The van der Waals surface area contributed by atoms with Crippen LogP contribution in [-0.2, 0) is 0 Å².